The van der Waals surface area contributed by atoms with E-state index in [4.69, 9.17) is 9.90 Å². The molecule has 0 aliphatic carbocycles. The zero-order chi connectivity index (χ0) is 20.6. The Bertz CT molecular complexity index is 650. The number of amides is 2. The lowest BCUT2D eigenvalue weighted by Gasteiger charge is -2.36. The van der Waals surface area contributed by atoms with Crippen molar-refractivity contribution in [3.63, 3.8) is 0 Å². The zero-order valence-electron chi connectivity index (χ0n) is 15.7. The van der Waals surface area contributed by atoms with Gasteiger partial charge in [-0.25, -0.2) is 13.6 Å². The van der Waals surface area contributed by atoms with Crippen LogP contribution in [0.3, 0.4) is 0 Å². The fourth-order valence-electron chi connectivity index (χ4n) is 3.53. The highest BCUT2D eigenvalue weighted by molar-refractivity contribution is 5.74. The molecule has 2 fully saturated rings. The molecule has 156 valence electrons. The molecule has 2 amide bonds. The van der Waals surface area contributed by atoms with Crippen molar-refractivity contribution in [2.24, 2.45) is 0 Å². The minimum Gasteiger partial charge on any atom is -0.508 e. The summed E-state index contributed by atoms with van der Waals surface area (Å²) in [5, 5.41) is 19.4. The van der Waals surface area contributed by atoms with Crippen molar-refractivity contribution in [1.29, 1.82) is 0 Å². The van der Waals surface area contributed by atoms with Gasteiger partial charge in [-0.1, -0.05) is 12.1 Å². The second-order valence-electron chi connectivity index (χ2n) is 7.14. The molecule has 1 aromatic rings. The van der Waals surface area contributed by atoms with Crippen LogP contribution in [-0.2, 0) is 11.3 Å². The first-order valence-electron chi connectivity index (χ1n) is 9.34. The van der Waals surface area contributed by atoms with E-state index in [1.807, 2.05) is 12.1 Å². The third-order valence-corrected chi connectivity index (χ3v) is 4.93. The van der Waals surface area contributed by atoms with E-state index in [9.17, 15) is 18.7 Å². The number of nitrogens with zero attached hydrogens (tertiary/aromatic N) is 2. The second-order valence-corrected chi connectivity index (χ2v) is 7.14. The number of carbonyl (C=O) groups excluding carboxylic acids is 1. The SMILES string of the molecule is O=C(NC1CCCN(Cc2cccc(O)c2)C1)N1CCC(F)(F)CC1.O=CO. The second kappa shape index (κ2) is 10.2. The Kier molecular flexibility index (Phi) is 7.98. The van der Waals surface area contributed by atoms with Crippen LogP contribution >= 0.6 is 0 Å². The van der Waals surface area contributed by atoms with Crippen molar-refractivity contribution < 1.29 is 28.6 Å². The molecule has 0 bridgehead atoms. The van der Waals surface area contributed by atoms with Crippen molar-refractivity contribution in [2.75, 3.05) is 26.2 Å². The fraction of sp³-hybridized carbons (Fsp3) is 0.579. The van der Waals surface area contributed by atoms with Gasteiger partial charge in [0, 0.05) is 45.1 Å². The molecule has 1 atom stereocenters. The lowest BCUT2D eigenvalue weighted by atomic mass is 10.0. The predicted molar refractivity (Wildman–Crippen MR) is 99.4 cm³/mol. The van der Waals surface area contributed by atoms with Crippen molar-refractivity contribution in [1.82, 2.24) is 15.1 Å². The van der Waals surface area contributed by atoms with Gasteiger partial charge >= 0.3 is 6.03 Å². The van der Waals surface area contributed by atoms with Gasteiger partial charge in [-0.2, -0.15) is 0 Å². The highest BCUT2D eigenvalue weighted by Crippen LogP contribution is 2.27. The number of likely N-dealkylation sites (tertiary alicyclic amines) is 2. The molecule has 0 radical (unpaired) electrons. The molecule has 3 rings (SSSR count). The van der Waals surface area contributed by atoms with Crippen LogP contribution in [0.4, 0.5) is 13.6 Å². The number of nitrogens with one attached hydrogen (secondary N) is 1. The number of phenols is 1. The first-order valence-corrected chi connectivity index (χ1v) is 9.34. The minimum atomic E-state index is -2.64. The Balaban J connectivity index is 0.000000878. The first-order chi connectivity index (χ1) is 13.3. The van der Waals surface area contributed by atoms with Crippen molar-refractivity contribution in [2.45, 2.75) is 44.2 Å². The number of hydrogen-bond donors (Lipinski definition) is 3. The van der Waals surface area contributed by atoms with Crippen molar-refractivity contribution in [3.8, 4) is 5.75 Å². The third-order valence-electron chi connectivity index (χ3n) is 4.93. The number of piperidine rings is 2. The Morgan fingerprint density at radius 3 is 2.61 bits per heavy atom. The number of phenolic OH excluding ortho intramolecular Hbond substituents is 1. The first kappa shape index (κ1) is 21.9. The zero-order valence-corrected chi connectivity index (χ0v) is 15.7. The molecule has 2 saturated heterocycles. The Morgan fingerprint density at radius 1 is 1.29 bits per heavy atom. The van der Waals surface area contributed by atoms with E-state index in [1.165, 1.54) is 4.90 Å². The van der Waals surface area contributed by atoms with Crippen LogP contribution in [0.2, 0.25) is 0 Å². The number of urea groups is 1. The maximum absolute atomic E-state index is 13.2. The van der Waals surface area contributed by atoms with E-state index in [1.54, 1.807) is 12.1 Å². The number of hydrogen-bond acceptors (Lipinski definition) is 4. The van der Waals surface area contributed by atoms with Gasteiger partial charge in [0.05, 0.1) is 0 Å². The Morgan fingerprint density at radius 2 is 1.96 bits per heavy atom. The lowest BCUT2D eigenvalue weighted by molar-refractivity contribution is -0.122. The normalized spacial score (nSPS) is 21.9. The molecule has 2 heterocycles. The minimum absolute atomic E-state index is 0.0287. The molecule has 3 N–H and O–H groups in total. The Labute approximate surface area is 162 Å². The highest BCUT2D eigenvalue weighted by Gasteiger charge is 2.36. The molecule has 2 aliphatic rings. The summed E-state index contributed by atoms with van der Waals surface area (Å²) in [4.78, 5) is 24.4. The number of benzene rings is 1. The summed E-state index contributed by atoms with van der Waals surface area (Å²) in [6, 6.07) is 6.97. The van der Waals surface area contributed by atoms with Gasteiger partial charge in [-0.15, -0.1) is 0 Å². The number of carboxylic acid groups (broad SMARTS) is 1. The maximum atomic E-state index is 13.2. The molecule has 9 heteroatoms. The van der Waals surface area contributed by atoms with Crippen molar-refractivity contribution in [3.05, 3.63) is 29.8 Å². The largest absolute Gasteiger partial charge is 0.508 e. The molecule has 2 aliphatic heterocycles. The fourth-order valence-corrected chi connectivity index (χ4v) is 3.53. The standard InChI is InChI=1S/C18H25F2N3O2.CH2O2/c19-18(20)6-9-23(10-7-18)17(25)21-15-4-2-8-22(13-15)12-14-3-1-5-16(24)11-14;2-1-3/h1,3,5,11,15,24H,2,4,6-10,12-13H2,(H,21,25);1H,(H,2,3). The summed E-state index contributed by atoms with van der Waals surface area (Å²) in [5.41, 5.74) is 1.03. The summed E-state index contributed by atoms with van der Waals surface area (Å²) in [6.07, 6.45) is 1.36. The molecule has 1 unspecified atom stereocenters. The average molecular weight is 399 g/mol. The van der Waals surface area contributed by atoms with Gasteiger partial charge in [-0.3, -0.25) is 9.69 Å². The molecule has 7 nitrogen and oxygen atoms in total. The number of aromatic hydroxyl groups is 1. The van der Waals surface area contributed by atoms with E-state index < -0.39 is 5.92 Å². The van der Waals surface area contributed by atoms with Gasteiger partial charge in [0.15, 0.2) is 0 Å². The third kappa shape index (κ3) is 6.95. The van der Waals surface area contributed by atoms with E-state index in [-0.39, 0.29) is 50.2 Å². The lowest BCUT2D eigenvalue weighted by Crippen LogP contribution is -2.53. The summed E-state index contributed by atoms with van der Waals surface area (Å²) >= 11 is 0. The van der Waals surface area contributed by atoms with Gasteiger partial charge in [-0.05, 0) is 37.1 Å². The molecule has 0 spiro atoms. The van der Waals surface area contributed by atoms with E-state index >= 15 is 0 Å². The molecular weight excluding hydrogens is 372 g/mol. The smallest absolute Gasteiger partial charge is 0.317 e. The maximum Gasteiger partial charge on any atom is 0.317 e. The van der Waals surface area contributed by atoms with Crippen LogP contribution in [0.15, 0.2) is 24.3 Å². The number of alkyl halides is 2. The van der Waals surface area contributed by atoms with E-state index in [0.29, 0.717) is 0 Å². The van der Waals surface area contributed by atoms with Crippen LogP contribution < -0.4 is 5.32 Å². The molecule has 0 aromatic heterocycles. The van der Waals surface area contributed by atoms with Crippen LogP contribution in [0.1, 0.15) is 31.2 Å². The van der Waals surface area contributed by atoms with E-state index in [0.717, 1.165) is 38.0 Å². The number of rotatable bonds is 3. The summed E-state index contributed by atoms with van der Waals surface area (Å²) < 4.78 is 26.4. The van der Waals surface area contributed by atoms with Crippen LogP contribution in [0, 0.1) is 0 Å². The monoisotopic (exact) mass is 399 g/mol. The topological polar surface area (TPSA) is 93.1 Å². The average Bonchev–Trinajstić information content (AvgIpc) is 2.62. The van der Waals surface area contributed by atoms with Crippen LogP contribution in [0.5, 0.6) is 5.75 Å². The molecular formula is C19H27F2N3O4. The van der Waals surface area contributed by atoms with Gasteiger partial charge < -0.3 is 20.4 Å². The summed E-state index contributed by atoms with van der Waals surface area (Å²) in [5.74, 6) is -2.39. The molecule has 28 heavy (non-hydrogen) atoms. The highest BCUT2D eigenvalue weighted by atomic mass is 19.3. The summed E-state index contributed by atoms with van der Waals surface area (Å²) in [6.45, 7) is 2.36. The molecule has 0 saturated carbocycles. The van der Waals surface area contributed by atoms with Crippen LogP contribution in [0.25, 0.3) is 0 Å². The number of carbonyl (C=O) groups is 2. The van der Waals surface area contributed by atoms with Gasteiger partial charge in [0.2, 0.25) is 0 Å². The molecule has 1 aromatic carbocycles. The Hall–Kier alpha value is -2.42. The van der Waals surface area contributed by atoms with E-state index in [2.05, 4.69) is 10.2 Å². The summed E-state index contributed by atoms with van der Waals surface area (Å²) in [7, 11) is 0. The van der Waals surface area contributed by atoms with Crippen molar-refractivity contribution >= 4 is 12.5 Å². The van der Waals surface area contributed by atoms with Gasteiger partial charge in [0.25, 0.3) is 12.4 Å². The quantitative estimate of drug-likeness (QED) is 0.679. The van der Waals surface area contributed by atoms with Crippen LogP contribution in [-0.4, -0.2) is 70.7 Å². The van der Waals surface area contributed by atoms with Gasteiger partial charge in [0.1, 0.15) is 5.75 Å². The number of halogens is 2. The predicted octanol–water partition coefficient (Wildman–Crippen LogP) is 2.50.